The number of carbonyl (C=O) groups is 1. The Morgan fingerprint density at radius 2 is 2.09 bits per heavy atom. The summed E-state index contributed by atoms with van der Waals surface area (Å²) in [5.41, 5.74) is 1.39. The average molecular weight is 319 g/mol. The minimum atomic E-state index is -0.0686. The number of hydrogen-bond acceptors (Lipinski definition) is 4. The van der Waals surface area contributed by atoms with E-state index in [1.54, 1.807) is 0 Å². The minimum Gasteiger partial charge on any atom is -0.350 e. The van der Waals surface area contributed by atoms with Crippen LogP contribution in [0.4, 0.5) is 0 Å². The van der Waals surface area contributed by atoms with Crippen molar-refractivity contribution in [1.82, 2.24) is 25.6 Å². The molecule has 6 heteroatoms. The molecule has 1 aromatic heterocycles. The molecule has 1 aliphatic carbocycles. The first kappa shape index (κ1) is 16.4. The minimum absolute atomic E-state index is 0.0686. The van der Waals surface area contributed by atoms with E-state index in [9.17, 15) is 4.79 Å². The quantitative estimate of drug-likeness (QED) is 0.891. The van der Waals surface area contributed by atoms with Gasteiger partial charge in [0.05, 0.1) is 11.7 Å². The largest absolute Gasteiger partial charge is 0.350 e. The summed E-state index contributed by atoms with van der Waals surface area (Å²) in [7, 11) is 0. The number of hydrogen-bond donors (Lipinski definition) is 2. The molecule has 23 heavy (non-hydrogen) atoms. The van der Waals surface area contributed by atoms with Crippen molar-refractivity contribution in [3.63, 3.8) is 0 Å². The highest BCUT2D eigenvalue weighted by Gasteiger charge is 2.24. The molecule has 1 aliphatic heterocycles. The van der Waals surface area contributed by atoms with Gasteiger partial charge in [0.15, 0.2) is 5.69 Å². The van der Waals surface area contributed by atoms with Gasteiger partial charge >= 0.3 is 0 Å². The van der Waals surface area contributed by atoms with Gasteiger partial charge in [0.1, 0.15) is 0 Å². The molecule has 2 atom stereocenters. The summed E-state index contributed by atoms with van der Waals surface area (Å²) < 4.78 is 1.94. The molecule has 0 aromatic carbocycles. The van der Waals surface area contributed by atoms with Crippen molar-refractivity contribution in [2.24, 2.45) is 11.8 Å². The van der Waals surface area contributed by atoms with Gasteiger partial charge in [-0.3, -0.25) is 4.79 Å². The van der Waals surface area contributed by atoms with Gasteiger partial charge < -0.3 is 10.6 Å². The Kier molecular flexibility index (Phi) is 5.30. The van der Waals surface area contributed by atoms with Crippen LogP contribution >= 0.6 is 0 Å². The van der Waals surface area contributed by atoms with Gasteiger partial charge in [-0.15, -0.1) is 5.10 Å². The Hall–Kier alpha value is -1.43. The van der Waals surface area contributed by atoms with E-state index in [1.807, 2.05) is 11.6 Å². The van der Waals surface area contributed by atoms with Crippen LogP contribution < -0.4 is 10.6 Å². The average Bonchev–Trinajstić information content (AvgIpc) is 2.95. The van der Waals surface area contributed by atoms with Gasteiger partial charge in [-0.05, 0) is 57.5 Å². The molecule has 0 unspecified atom stereocenters. The molecule has 2 heterocycles. The Morgan fingerprint density at radius 1 is 1.30 bits per heavy atom. The highest BCUT2D eigenvalue weighted by atomic mass is 16.2. The summed E-state index contributed by atoms with van der Waals surface area (Å²) in [4.78, 5) is 12.4. The fourth-order valence-corrected chi connectivity index (χ4v) is 4.01. The fraction of sp³-hybridized carbons (Fsp3) is 0.824. The fourth-order valence-electron chi connectivity index (χ4n) is 4.01. The number of carbonyl (C=O) groups excluding carboxylic acids is 1. The summed E-state index contributed by atoms with van der Waals surface area (Å²) >= 11 is 0. The van der Waals surface area contributed by atoms with Crippen LogP contribution in [0.25, 0.3) is 0 Å². The number of nitrogens with one attached hydrogen (secondary N) is 2. The molecular formula is C17H29N5O. The Balaban J connectivity index is 1.58. The third kappa shape index (κ3) is 3.91. The smallest absolute Gasteiger partial charge is 0.273 e. The zero-order valence-corrected chi connectivity index (χ0v) is 14.3. The van der Waals surface area contributed by atoms with E-state index in [4.69, 9.17) is 0 Å². The lowest BCUT2D eigenvalue weighted by Crippen LogP contribution is -2.32. The maximum atomic E-state index is 12.4. The first-order valence-corrected chi connectivity index (χ1v) is 9.06. The number of rotatable bonds is 4. The molecule has 1 amide bonds. The van der Waals surface area contributed by atoms with Crippen LogP contribution in [0, 0.1) is 18.8 Å². The lowest BCUT2D eigenvalue weighted by atomic mass is 9.82. The highest BCUT2D eigenvalue weighted by molar-refractivity contribution is 5.93. The second-order valence-electron chi connectivity index (χ2n) is 7.30. The summed E-state index contributed by atoms with van der Waals surface area (Å²) in [5.74, 6) is 1.33. The Labute approximate surface area is 138 Å². The molecule has 2 fully saturated rings. The van der Waals surface area contributed by atoms with Crippen molar-refractivity contribution < 1.29 is 4.79 Å². The Bertz CT molecular complexity index is 535. The zero-order valence-electron chi connectivity index (χ0n) is 14.3. The van der Waals surface area contributed by atoms with Crippen molar-refractivity contribution in [3.05, 3.63) is 11.4 Å². The van der Waals surface area contributed by atoms with Crippen LogP contribution in [0.1, 0.15) is 67.7 Å². The van der Waals surface area contributed by atoms with Crippen LogP contribution in [0.15, 0.2) is 0 Å². The second kappa shape index (κ2) is 7.43. The first-order chi connectivity index (χ1) is 11.1. The number of aromatic nitrogens is 3. The monoisotopic (exact) mass is 319 g/mol. The van der Waals surface area contributed by atoms with Gasteiger partial charge in [0.2, 0.25) is 0 Å². The second-order valence-corrected chi connectivity index (χ2v) is 7.30. The van der Waals surface area contributed by atoms with Crippen molar-refractivity contribution in [2.45, 2.75) is 58.4 Å². The van der Waals surface area contributed by atoms with Crippen molar-refractivity contribution in [2.75, 3.05) is 19.6 Å². The lowest BCUT2D eigenvalue weighted by Gasteiger charge is -2.26. The van der Waals surface area contributed by atoms with E-state index in [0.29, 0.717) is 17.7 Å². The predicted octanol–water partition coefficient (Wildman–Crippen LogP) is 2.07. The van der Waals surface area contributed by atoms with E-state index in [2.05, 4.69) is 27.9 Å². The summed E-state index contributed by atoms with van der Waals surface area (Å²) in [6, 6.07) is 0.365. The normalized spacial score (nSPS) is 26.2. The topological polar surface area (TPSA) is 71.8 Å². The molecule has 1 saturated carbocycles. The van der Waals surface area contributed by atoms with E-state index in [-0.39, 0.29) is 5.91 Å². The molecule has 1 aromatic rings. The molecule has 0 radical (unpaired) electrons. The summed E-state index contributed by atoms with van der Waals surface area (Å²) in [5, 5.41) is 14.8. The van der Waals surface area contributed by atoms with Crippen LogP contribution in [0.3, 0.4) is 0 Å². The van der Waals surface area contributed by atoms with E-state index in [1.165, 1.54) is 25.7 Å². The zero-order chi connectivity index (χ0) is 16.2. The van der Waals surface area contributed by atoms with Crippen LogP contribution in [-0.2, 0) is 0 Å². The molecule has 3 rings (SSSR count). The van der Waals surface area contributed by atoms with E-state index < -0.39 is 0 Å². The van der Waals surface area contributed by atoms with Crippen LogP contribution in [-0.4, -0.2) is 40.5 Å². The molecule has 0 spiro atoms. The Morgan fingerprint density at radius 3 is 2.83 bits per heavy atom. The first-order valence-electron chi connectivity index (χ1n) is 9.06. The van der Waals surface area contributed by atoms with Gasteiger partial charge in [-0.25, -0.2) is 4.68 Å². The molecule has 2 aliphatic rings. The van der Waals surface area contributed by atoms with Gasteiger partial charge in [-0.2, -0.15) is 0 Å². The van der Waals surface area contributed by atoms with Crippen LogP contribution in [0.2, 0.25) is 0 Å². The highest BCUT2D eigenvalue weighted by Crippen LogP contribution is 2.28. The standard InChI is InChI=1S/C17H29N5O/c1-12-4-3-5-14(10-12)11-19-17(23)16-13(2)22(21-20-16)15-6-8-18-9-7-15/h12,14-15,18H,3-11H2,1-2H3,(H,19,23)/t12-,14+/m0/s1. The van der Waals surface area contributed by atoms with Gasteiger partial charge in [-0.1, -0.05) is 25.0 Å². The predicted molar refractivity (Wildman–Crippen MR) is 89.4 cm³/mol. The maximum absolute atomic E-state index is 12.4. The van der Waals surface area contributed by atoms with E-state index in [0.717, 1.165) is 44.1 Å². The van der Waals surface area contributed by atoms with E-state index >= 15 is 0 Å². The maximum Gasteiger partial charge on any atom is 0.273 e. The van der Waals surface area contributed by atoms with Gasteiger partial charge in [0.25, 0.3) is 5.91 Å². The molecule has 128 valence electrons. The molecule has 2 N–H and O–H groups in total. The van der Waals surface area contributed by atoms with Gasteiger partial charge in [0, 0.05) is 6.54 Å². The molecule has 1 saturated heterocycles. The number of piperidine rings is 1. The van der Waals surface area contributed by atoms with Crippen LogP contribution in [0.5, 0.6) is 0 Å². The summed E-state index contributed by atoms with van der Waals surface area (Å²) in [6.45, 7) is 7.04. The SMILES string of the molecule is Cc1c(C(=O)NC[C@@H]2CCC[C@H](C)C2)nnn1C1CCNCC1. The number of nitrogens with zero attached hydrogens (tertiary/aromatic N) is 3. The third-order valence-electron chi connectivity index (χ3n) is 5.39. The van der Waals surface area contributed by atoms with Crippen molar-refractivity contribution in [1.29, 1.82) is 0 Å². The molecule has 6 nitrogen and oxygen atoms in total. The third-order valence-corrected chi connectivity index (χ3v) is 5.39. The molecule has 0 bridgehead atoms. The van der Waals surface area contributed by atoms with Crippen molar-refractivity contribution in [3.8, 4) is 0 Å². The summed E-state index contributed by atoms with van der Waals surface area (Å²) in [6.07, 6.45) is 7.16. The van der Waals surface area contributed by atoms with Crippen molar-refractivity contribution >= 4 is 5.91 Å². The lowest BCUT2D eigenvalue weighted by molar-refractivity contribution is 0.0935. The molecular weight excluding hydrogens is 290 g/mol. The number of amides is 1.